The van der Waals surface area contributed by atoms with Gasteiger partial charge in [-0.05, 0) is 54.8 Å². The smallest absolute Gasteiger partial charge is 0.185 e. The molecular weight excluding hydrogens is 291 g/mol. The van der Waals surface area contributed by atoms with Crippen molar-refractivity contribution in [2.75, 3.05) is 0 Å². The average molecular weight is 305 g/mol. The van der Waals surface area contributed by atoms with Gasteiger partial charge in [-0.25, -0.2) is 0 Å². The van der Waals surface area contributed by atoms with Crippen LogP contribution >= 0.6 is 23.2 Å². The molecule has 2 aromatic carbocycles. The van der Waals surface area contributed by atoms with E-state index in [-0.39, 0.29) is 5.78 Å². The highest BCUT2D eigenvalue weighted by Gasteiger charge is 2.05. The predicted octanol–water partition coefficient (Wildman–Crippen LogP) is 5.51. The summed E-state index contributed by atoms with van der Waals surface area (Å²) in [7, 11) is 0. The molecule has 0 unspecified atom stereocenters. The van der Waals surface area contributed by atoms with E-state index in [4.69, 9.17) is 23.2 Å². The molecule has 0 atom stereocenters. The molecule has 0 heterocycles. The second-order valence-corrected chi connectivity index (χ2v) is 5.48. The van der Waals surface area contributed by atoms with Crippen molar-refractivity contribution in [3.63, 3.8) is 0 Å². The molecule has 0 amide bonds. The lowest BCUT2D eigenvalue weighted by atomic mass is 10.0. The maximum absolute atomic E-state index is 12.0. The SMILES string of the molecule is Cc1ccc(C=CC(=O)c2ccc(Cl)c(Cl)c2)cc1C. The Hall–Kier alpha value is -1.57. The van der Waals surface area contributed by atoms with Gasteiger partial charge in [-0.15, -0.1) is 0 Å². The van der Waals surface area contributed by atoms with Crippen molar-refractivity contribution in [3.05, 3.63) is 74.8 Å². The zero-order valence-corrected chi connectivity index (χ0v) is 12.8. The monoisotopic (exact) mass is 304 g/mol. The summed E-state index contributed by atoms with van der Waals surface area (Å²) in [5.74, 6) is -0.0956. The van der Waals surface area contributed by atoms with Gasteiger partial charge in [0.1, 0.15) is 0 Å². The van der Waals surface area contributed by atoms with E-state index in [1.807, 2.05) is 25.1 Å². The van der Waals surface area contributed by atoms with Gasteiger partial charge in [-0.2, -0.15) is 0 Å². The van der Waals surface area contributed by atoms with Crippen molar-refractivity contribution < 1.29 is 4.79 Å². The number of halogens is 2. The molecule has 0 radical (unpaired) electrons. The first-order valence-electron chi connectivity index (χ1n) is 6.22. The summed E-state index contributed by atoms with van der Waals surface area (Å²) in [6, 6.07) is 11.0. The van der Waals surface area contributed by atoms with E-state index < -0.39 is 0 Å². The number of aryl methyl sites for hydroxylation is 2. The van der Waals surface area contributed by atoms with E-state index in [1.54, 1.807) is 30.4 Å². The molecule has 0 fully saturated rings. The number of allylic oxidation sites excluding steroid dienone is 1. The number of carbonyl (C=O) groups excluding carboxylic acids is 1. The van der Waals surface area contributed by atoms with Crippen molar-refractivity contribution in [1.82, 2.24) is 0 Å². The van der Waals surface area contributed by atoms with Gasteiger partial charge in [-0.3, -0.25) is 4.79 Å². The zero-order chi connectivity index (χ0) is 14.7. The van der Waals surface area contributed by atoms with Crippen LogP contribution in [0.3, 0.4) is 0 Å². The van der Waals surface area contributed by atoms with Crippen LogP contribution in [0.2, 0.25) is 10.0 Å². The topological polar surface area (TPSA) is 17.1 Å². The predicted molar refractivity (Wildman–Crippen MR) is 85.7 cm³/mol. The fourth-order valence-corrected chi connectivity index (χ4v) is 2.08. The van der Waals surface area contributed by atoms with Crippen LogP contribution in [0.1, 0.15) is 27.0 Å². The molecule has 0 aliphatic rings. The molecule has 2 rings (SSSR count). The van der Waals surface area contributed by atoms with Crippen molar-refractivity contribution in [3.8, 4) is 0 Å². The molecule has 0 aliphatic carbocycles. The molecule has 0 aliphatic heterocycles. The molecule has 2 aromatic rings. The largest absolute Gasteiger partial charge is 0.289 e. The Morgan fingerprint density at radius 2 is 1.70 bits per heavy atom. The third-order valence-electron chi connectivity index (χ3n) is 3.16. The maximum atomic E-state index is 12.0. The average Bonchev–Trinajstić information content (AvgIpc) is 2.43. The Kier molecular flexibility index (Phi) is 4.64. The summed E-state index contributed by atoms with van der Waals surface area (Å²) in [6.07, 6.45) is 3.35. The van der Waals surface area contributed by atoms with Crippen LogP contribution in [0.5, 0.6) is 0 Å². The van der Waals surface area contributed by atoms with Gasteiger partial charge in [0.2, 0.25) is 0 Å². The summed E-state index contributed by atoms with van der Waals surface area (Å²) < 4.78 is 0. The lowest BCUT2D eigenvalue weighted by Gasteiger charge is -2.01. The van der Waals surface area contributed by atoms with Crippen LogP contribution in [-0.2, 0) is 0 Å². The van der Waals surface area contributed by atoms with Gasteiger partial charge in [0.05, 0.1) is 10.0 Å². The molecule has 0 spiro atoms. The molecule has 0 N–H and O–H groups in total. The van der Waals surface area contributed by atoms with E-state index in [1.165, 1.54) is 11.1 Å². The lowest BCUT2D eigenvalue weighted by molar-refractivity contribution is 0.104. The summed E-state index contributed by atoms with van der Waals surface area (Å²) in [6.45, 7) is 4.11. The van der Waals surface area contributed by atoms with Gasteiger partial charge in [-0.1, -0.05) is 47.5 Å². The van der Waals surface area contributed by atoms with Gasteiger partial charge < -0.3 is 0 Å². The highest BCUT2D eigenvalue weighted by molar-refractivity contribution is 6.42. The van der Waals surface area contributed by atoms with Crippen LogP contribution in [-0.4, -0.2) is 5.78 Å². The number of hydrogen-bond acceptors (Lipinski definition) is 1. The standard InChI is InChI=1S/C17H14Cl2O/c1-11-3-4-13(9-12(11)2)5-8-17(20)14-6-7-15(18)16(19)10-14/h3-10H,1-2H3. The molecule has 0 saturated carbocycles. The normalized spacial score (nSPS) is 11.0. The molecule has 3 heteroatoms. The third-order valence-corrected chi connectivity index (χ3v) is 3.90. The van der Waals surface area contributed by atoms with Crippen LogP contribution in [0, 0.1) is 13.8 Å². The molecule has 0 saturated heterocycles. The fraction of sp³-hybridized carbons (Fsp3) is 0.118. The van der Waals surface area contributed by atoms with Crippen molar-refractivity contribution in [2.24, 2.45) is 0 Å². The van der Waals surface area contributed by atoms with Crippen molar-refractivity contribution in [2.45, 2.75) is 13.8 Å². The minimum absolute atomic E-state index is 0.0956. The number of hydrogen-bond donors (Lipinski definition) is 0. The Balaban J connectivity index is 2.19. The molecule has 20 heavy (non-hydrogen) atoms. The number of rotatable bonds is 3. The molecular formula is C17H14Cl2O. The minimum Gasteiger partial charge on any atom is -0.289 e. The summed E-state index contributed by atoms with van der Waals surface area (Å²) in [4.78, 5) is 12.0. The highest BCUT2D eigenvalue weighted by atomic mass is 35.5. The number of carbonyl (C=O) groups is 1. The third kappa shape index (κ3) is 3.50. The lowest BCUT2D eigenvalue weighted by Crippen LogP contribution is -1.94. The van der Waals surface area contributed by atoms with Crippen LogP contribution in [0.15, 0.2) is 42.5 Å². The quantitative estimate of drug-likeness (QED) is 0.540. The fourth-order valence-electron chi connectivity index (χ4n) is 1.79. The van der Waals surface area contributed by atoms with E-state index in [0.29, 0.717) is 15.6 Å². The molecule has 0 aromatic heterocycles. The van der Waals surface area contributed by atoms with Crippen molar-refractivity contribution >= 4 is 35.1 Å². The second kappa shape index (κ2) is 6.25. The molecule has 0 bridgehead atoms. The van der Waals surface area contributed by atoms with Crippen LogP contribution in [0.25, 0.3) is 6.08 Å². The van der Waals surface area contributed by atoms with Crippen LogP contribution < -0.4 is 0 Å². The Bertz CT molecular complexity index is 687. The highest BCUT2D eigenvalue weighted by Crippen LogP contribution is 2.23. The first-order valence-corrected chi connectivity index (χ1v) is 6.97. The molecule has 102 valence electrons. The van der Waals surface area contributed by atoms with E-state index in [0.717, 1.165) is 5.56 Å². The van der Waals surface area contributed by atoms with E-state index >= 15 is 0 Å². The van der Waals surface area contributed by atoms with Gasteiger partial charge >= 0.3 is 0 Å². The van der Waals surface area contributed by atoms with E-state index in [2.05, 4.69) is 6.92 Å². The maximum Gasteiger partial charge on any atom is 0.185 e. The van der Waals surface area contributed by atoms with Crippen LogP contribution in [0.4, 0.5) is 0 Å². The van der Waals surface area contributed by atoms with Gasteiger partial charge in [0.15, 0.2) is 5.78 Å². The molecule has 1 nitrogen and oxygen atoms in total. The summed E-state index contributed by atoms with van der Waals surface area (Å²) in [5.41, 5.74) is 3.97. The van der Waals surface area contributed by atoms with Crippen molar-refractivity contribution in [1.29, 1.82) is 0 Å². The Morgan fingerprint density at radius 1 is 0.950 bits per heavy atom. The first-order chi connectivity index (χ1) is 9.47. The Morgan fingerprint density at radius 3 is 2.35 bits per heavy atom. The summed E-state index contributed by atoms with van der Waals surface area (Å²) in [5, 5.41) is 0.832. The number of ketones is 1. The number of benzene rings is 2. The van der Waals surface area contributed by atoms with E-state index in [9.17, 15) is 4.79 Å². The van der Waals surface area contributed by atoms with Gasteiger partial charge in [0, 0.05) is 5.56 Å². The first kappa shape index (κ1) is 14.8. The van der Waals surface area contributed by atoms with Gasteiger partial charge in [0.25, 0.3) is 0 Å². The summed E-state index contributed by atoms with van der Waals surface area (Å²) >= 11 is 11.7. The second-order valence-electron chi connectivity index (χ2n) is 4.67. The minimum atomic E-state index is -0.0956. The zero-order valence-electron chi connectivity index (χ0n) is 11.3. The Labute approximate surface area is 128 Å².